The molecule has 2 aliphatic rings. The van der Waals surface area contributed by atoms with Crippen LogP contribution >= 0.6 is 90.0 Å². The summed E-state index contributed by atoms with van der Waals surface area (Å²) >= 11 is 17.7. The van der Waals surface area contributed by atoms with E-state index in [9.17, 15) is 0 Å². The molecule has 0 aromatic carbocycles. The first-order chi connectivity index (χ1) is 40.7. The van der Waals surface area contributed by atoms with Crippen LogP contribution in [0.1, 0.15) is 294 Å². The number of carbonyl (C=O) groups excluding carboxylic acids is 2. The van der Waals surface area contributed by atoms with E-state index in [0.717, 1.165) is 54.4 Å². The average molecular weight is 1350 g/mol. The molecule has 2 unspecified atom stereocenters. The van der Waals surface area contributed by atoms with Crippen LogP contribution in [0.25, 0.3) is 30.9 Å². The molecule has 2 amide bonds. The minimum absolute atomic E-state index is 0.0433. The Morgan fingerprint density at radius 2 is 0.590 bits per heavy atom. The van der Waals surface area contributed by atoms with Crippen molar-refractivity contribution in [2.75, 3.05) is 13.1 Å². The fourth-order valence-corrected chi connectivity index (χ4v) is 17.6. The number of thiol groups is 1. The molecule has 4 aromatic rings. The van der Waals surface area contributed by atoms with E-state index in [1.807, 2.05) is 0 Å². The monoisotopic (exact) mass is 1350 g/mol. The van der Waals surface area contributed by atoms with Gasteiger partial charge in [-0.05, 0) is 118 Å². The number of thiophene rings is 4. The molecule has 83 heavy (non-hydrogen) atoms. The Morgan fingerprint density at radius 1 is 0.373 bits per heavy atom. The number of hydrogen-bond acceptors (Lipinski definition) is 8. The molecule has 4 aromatic heterocycles. The van der Waals surface area contributed by atoms with Gasteiger partial charge in [0, 0.05) is 32.6 Å². The zero-order chi connectivity index (χ0) is 59.3. The van der Waals surface area contributed by atoms with E-state index in [2.05, 4.69) is 143 Å². The molecule has 13 heteroatoms. The van der Waals surface area contributed by atoms with E-state index >= 15 is 9.59 Å². The molecule has 2 atom stereocenters. The van der Waals surface area contributed by atoms with Crippen LogP contribution in [0.2, 0.25) is 0 Å². The molecule has 0 saturated carbocycles. The van der Waals surface area contributed by atoms with Gasteiger partial charge in [-0.15, -0.1) is 45.3 Å². The topological polar surface area (TPSA) is 53.0 Å². The Kier molecular flexibility index (Phi) is 38.2. The fourth-order valence-electron chi connectivity index (χ4n) is 12.5. The van der Waals surface area contributed by atoms with Crippen molar-refractivity contribution in [2.24, 2.45) is 16.1 Å². The van der Waals surface area contributed by atoms with Crippen molar-refractivity contribution in [1.82, 2.24) is 9.80 Å². The fraction of sp³-hybridized carbons (Fsp3) is 0.686. The molecular weight excluding hydrogens is 1250 g/mol. The van der Waals surface area contributed by atoms with E-state index in [0.29, 0.717) is 36.1 Å². The summed E-state index contributed by atoms with van der Waals surface area (Å²) in [4.78, 5) is 43.2. The number of nitrogens with zero attached hydrogens (tertiary/aromatic N) is 3. The molecule has 461 valence electrons. The van der Waals surface area contributed by atoms with Gasteiger partial charge in [-0.2, -0.15) is 0 Å². The Bertz CT molecular complexity index is 2310. The van der Waals surface area contributed by atoms with Gasteiger partial charge in [0.25, 0.3) is 11.8 Å². The first-order valence-corrected chi connectivity index (χ1v) is 38.8. The molecule has 0 spiro atoms. The summed E-state index contributed by atoms with van der Waals surface area (Å²) in [6, 6.07) is 17.5. The summed E-state index contributed by atoms with van der Waals surface area (Å²) in [7, 11) is 4.34. The van der Waals surface area contributed by atoms with E-state index < -0.39 is 0 Å². The van der Waals surface area contributed by atoms with Crippen LogP contribution in [0.3, 0.4) is 0 Å². The Balaban J connectivity index is 0.00000411. The predicted molar refractivity (Wildman–Crippen MR) is 379 cm³/mol. The molecule has 6 heterocycles. The van der Waals surface area contributed by atoms with Gasteiger partial charge in [0.1, 0.15) is 0 Å². The van der Waals surface area contributed by atoms with Crippen molar-refractivity contribution in [2.45, 2.75) is 285 Å². The van der Waals surface area contributed by atoms with E-state index in [1.165, 1.54) is 251 Å². The van der Waals surface area contributed by atoms with Gasteiger partial charge in [0.2, 0.25) is 0 Å². The molecule has 0 bridgehead atoms. The second kappa shape index (κ2) is 43.9. The summed E-state index contributed by atoms with van der Waals surface area (Å²) in [5, 5.41) is 0. The number of halogens is 2. The van der Waals surface area contributed by atoms with Gasteiger partial charge < -0.3 is 9.80 Å². The summed E-state index contributed by atoms with van der Waals surface area (Å²) in [6.07, 6.45) is 51.9. The van der Waals surface area contributed by atoms with Crippen molar-refractivity contribution in [3.8, 4) is 19.5 Å². The maximum atomic E-state index is 16.0. The number of fused-ring (bicyclic) bond motifs is 1. The molecule has 0 saturated heterocycles. The summed E-state index contributed by atoms with van der Waals surface area (Å²) in [5.74, 6) is 0.852. The summed E-state index contributed by atoms with van der Waals surface area (Å²) < 4.78 is 4.91. The van der Waals surface area contributed by atoms with E-state index in [1.54, 1.807) is 45.3 Å². The van der Waals surface area contributed by atoms with E-state index in [4.69, 9.17) is 0 Å². The number of rotatable bonds is 48. The number of hydrogen-bond donors (Lipinski definition) is 1. The number of carbonyl (C=O) groups is 2. The van der Waals surface area contributed by atoms with Crippen LogP contribution in [0, 0.1) is 11.8 Å². The van der Waals surface area contributed by atoms with Gasteiger partial charge >= 0.3 is 24.8 Å². The molecular formula is C70H107BBr2N3O2S5. The van der Waals surface area contributed by atoms with Gasteiger partial charge in [0.15, 0.2) is 0 Å². The predicted octanol–water partition coefficient (Wildman–Crippen LogP) is 25.7. The van der Waals surface area contributed by atoms with Crippen molar-refractivity contribution >= 4 is 121 Å². The first kappa shape index (κ1) is 72.1. The Morgan fingerprint density at radius 3 is 0.831 bits per heavy atom. The quantitative estimate of drug-likeness (QED) is 0.0272. The second-order valence-corrected chi connectivity index (χ2v) is 31.5. The second-order valence-electron chi connectivity index (χ2n) is 24.1. The molecule has 0 aliphatic carbocycles. The standard InChI is InChI=1S/C70H106Br2N2O2S4.BHNS/c1-5-9-13-17-21-25-27-31-35-39-43-55(41-37-33-29-23-19-15-11-7-3)53-73-67(61-47-45-57(77-61)59-49-51-63(71)79-59)65-66(69(73)75)68(62-48-46-58(78-62)60-50-52-64(72)80-60)74(70(65)76)54-56(42-38-34-30-24-20-16-12-8-4)44-40-36-32-28-26-22-18-14-10-6-2;1-2-3/h45-52,55-56H,5-44,53-54H2,1-4H3;3H. The minimum atomic E-state index is 0.0433. The van der Waals surface area contributed by atoms with Crippen LogP contribution in [0.4, 0.5) is 0 Å². The number of unbranched alkanes of at least 4 members (excludes halogenated alkanes) is 32. The SMILES string of the molecule is CCCCCCCCCCCCC(CCCCCCCCCC)CN1C(=O)C2=C(c3ccc(-c4ccc(Br)s4)s3)N(CC(CCCCCCCCCC)CCCCCCCCCCCC)C(=O)C2=C1c1ccc(-c2ccc(Br)s2)s1.[B]=NS. The molecule has 6 rings (SSSR count). The Hall–Kier alpha value is -1.61. The third-order valence-corrected chi connectivity index (χ3v) is 23.1. The summed E-state index contributed by atoms with van der Waals surface area (Å²) in [5.41, 5.74) is 3.07. The molecule has 5 nitrogen and oxygen atoms in total. The third-order valence-electron chi connectivity index (χ3n) is 17.2. The maximum absolute atomic E-state index is 16.0. The zero-order valence-corrected chi connectivity index (χ0v) is 59.4. The van der Waals surface area contributed by atoms with Crippen molar-refractivity contribution in [1.29, 1.82) is 0 Å². The van der Waals surface area contributed by atoms with Crippen molar-refractivity contribution in [3.63, 3.8) is 0 Å². The third kappa shape index (κ3) is 25.8. The summed E-state index contributed by atoms with van der Waals surface area (Å²) in [6.45, 7) is 10.6. The number of amides is 2. The van der Waals surface area contributed by atoms with Crippen LogP contribution in [-0.4, -0.2) is 42.3 Å². The van der Waals surface area contributed by atoms with Gasteiger partial charge in [-0.1, -0.05) is 259 Å². The van der Waals surface area contributed by atoms with Crippen LogP contribution in [0.5, 0.6) is 0 Å². The van der Waals surface area contributed by atoms with Crippen LogP contribution in [-0.2, 0) is 9.59 Å². The average Bonchev–Trinajstić information content (AvgIpc) is 1.77. The van der Waals surface area contributed by atoms with Crippen molar-refractivity contribution < 1.29 is 9.59 Å². The normalized spacial score (nSPS) is 14.1. The van der Waals surface area contributed by atoms with Gasteiger partial charge in [-0.3, -0.25) is 9.59 Å². The molecule has 1 radical (unpaired) electrons. The van der Waals surface area contributed by atoms with Crippen LogP contribution in [0.15, 0.2) is 71.6 Å². The zero-order valence-electron chi connectivity index (χ0n) is 52.0. The van der Waals surface area contributed by atoms with E-state index in [-0.39, 0.29) is 11.8 Å². The Labute approximate surface area is 545 Å². The van der Waals surface area contributed by atoms with Gasteiger partial charge in [-0.25, -0.2) is 0 Å². The molecule has 0 N–H and O–H groups in total. The van der Waals surface area contributed by atoms with Crippen molar-refractivity contribution in [3.05, 3.63) is 77.0 Å². The first-order valence-electron chi connectivity index (χ1n) is 33.6. The van der Waals surface area contributed by atoms with Gasteiger partial charge in [0.05, 0.1) is 39.9 Å². The molecule has 0 fully saturated rings. The molecule has 2 aliphatic heterocycles. The van der Waals surface area contributed by atoms with Crippen LogP contribution < -0.4 is 0 Å².